The molecule has 8 heteroatoms. The predicted molar refractivity (Wildman–Crippen MR) is 52.7 cm³/mol. The summed E-state index contributed by atoms with van der Waals surface area (Å²) in [5.74, 6) is -2.37. The van der Waals surface area contributed by atoms with Crippen LogP contribution in [0.4, 0.5) is 0 Å². The molecular weight excluding hydrogens is 236 g/mol. The Hall–Kier alpha value is -1.22. The monoisotopic (exact) mass is 252 g/mol. The first-order valence-corrected chi connectivity index (χ1v) is 4.83. The third-order valence-corrected chi connectivity index (χ3v) is 1.97. The van der Waals surface area contributed by atoms with Gasteiger partial charge in [0.1, 0.15) is 12.2 Å². The summed E-state index contributed by atoms with van der Waals surface area (Å²) in [5, 5.41) is 37.0. The largest absolute Gasteiger partial charge is 0.467 e. The van der Waals surface area contributed by atoms with Gasteiger partial charge in [0.2, 0.25) is 0 Å². The van der Waals surface area contributed by atoms with E-state index in [2.05, 4.69) is 9.47 Å². The number of aliphatic hydroxyl groups excluding tert-OH is 4. The van der Waals surface area contributed by atoms with E-state index in [9.17, 15) is 24.9 Å². The molecule has 0 bridgehead atoms. The third kappa shape index (κ3) is 4.27. The molecule has 0 rings (SSSR count). The van der Waals surface area contributed by atoms with Crippen molar-refractivity contribution in [3.05, 3.63) is 0 Å². The van der Waals surface area contributed by atoms with Crippen LogP contribution in [0.3, 0.4) is 0 Å². The van der Waals surface area contributed by atoms with E-state index in [0.29, 0.717) is 0 Å². The number of hydrogen-bond donors (Lipinski definition) is 4. The molecule has 17 heavy (non-hydrogen) atoms. The van der Waals surface area contributed by atoms with Gasteiger partial charge in [0.25, 0.3) is 0 Å². The summed E-state index contributed by atoms with van der Waals surface area (Å²) >= 11 is 0. The van der Waals surface area contributed by atoms with Gasteiger partial charge in [0, 0.05) is 0 Å². The van der Waals surface area contributed by atoms with E-state index in [-0.39, 0.29) is 6.61 Å². The molecule has 8 nitrogen and oxygen atoms in total. The van der Waals surface area contributed by atoms with Crippen LogP contribution in [0.1, 0.15) is 6.92 Å². The van der Waals surface area contributed by atoms with Crippen LogP contribution in [0.5, 0.6) is 0 Å². The molecular formula is C9H16O8. The Morgan fingerprint density at radius 1 is 1.00 bits per heavy atom. The van der Waals surface area contributed by atoms with E-state index >= 15 is 0 Å². The SMILES string of the molecule is CCOC(=O)[C@H](O)[C@@H](O)[C@H](O)[C@@H](O)C(=O)OC. The van der Waals surface area contributed by atoms with Crippen LogP contribution < -0.4 is 0 Å². The quantitative estimate of drug-likeness (QED) is 0.372. The van der Waals surface area contributed by atoms with Crippen LogP contribution >= 0.6 is 0 Å². The number of ether oxygens (including phenoxy) is 2. The zero-order valence-corrected chi connectivity index (χ0v) is 9.44. The maximum Gasteiger partial charge on any atom is 0.337 e. The summed E-state index contributed by atoms with van der Waals surface area (Å²) in [5.41, 5.74) is 0. The van der Waals surface area contributed by atoms with Crippen molar-refractivity contribution in [1.29, 1.82) is 0 Å². The van der Waals surface area contributed by atoms with E-state index in [0.717, 1.165) is 7.11 Å². The van der Waals surface area contributed by atoms with Crippen molar-refractivity contribution in [2.75, 3.05) is 13.7 Å². The van der Waals surface area contributed by atoms with E-state index in [1.165, 1.54) is 6.92 Å². The second kappa shape index (κ2) is 7.17. The minimum atomic E-state index is -2.07. The Labute approximate surface area is 97.4 Å². The number of carbonyl (C=O) groups is 2. The highest BCUT2D eigenvalue weighted by molar-refractivity contribution is 5.77. The van der Waals surface area contributed by atoms with Crippen molar-refractivity contribution in [2.45, 2.75) is 31.3 Å². The van der Waals surface area contributed by atoms with Crippen molar-refractivity contribution in [2.24, 2.45) is 0 Å². The van der Waals surface area contributed by atoms with Crippen LogP contribution in [-0.2, 0) is 19.1 Å². The van der Waals surface area contributed by atoms with Crippen molar-refractivity contribution >= 4 is 11.9 Å². The summed E-state index contributed by atoms with van der Waals surface area (Å²) in [4.78, 5) is 21.8. The Kier molecular flexibility index (Phi) is 6.66. The molecule has 0 heterocycles. The average molecular weight is 252 g/mol. The topological polar surface area (TPSA) is 134 Å². The van der Waals surface area contributed by atoms with Gasteiger partial charge in [-0.25, -0.2) is 9.59 Å². The summed E-state index contributed by atoms with van der Waals surface area (Å²) < 4.78 is 8.50. The number of hydrogen-bond acceptors (Lipinski definition) is 8. The second-order valence-corrected chi connectivity index (χ2v) is 3.15. The highest BCUT2D eigenvalue weighted by Gasteiger charge is 2.38. The second-order valence-electron chi connectivity index (χ2n) is 3.15. The lowest BCUT2D eigenvalue weighted by Crippen LogP contribution is -2.50. The molecule has 0 radical (unpaired) electrons. The fourth-order valence-corrected chi connectivity index (χ4v) is 1.00. The average Bonchev–Trinajstić information content (AvgIpc) is 2.34. The lowest BCUT2D eigenvalue weighted by Gasteiger charge is -2.23. The molecule has 0 aliphatic rings. The Morgan fingerprint density at radius 2 is 1.41 bits per heavy atom. The minimum Gasteiger partial charge on any atom is -0.467 e. The number of methoxy groups -OCH3 is 1. The summed E-state index contributed by atoms with van der Waals surface area (Å²) in [6.45, 7) is 1.45. The maximum absolute atomic E-state index is 11.0. The maximum atomic E-state index is 11.0. The van der Waals surface area contributed by atoms with Crippen LogP contribution in [0.2, 0.25) is 0 Å². The molecule has 4 atom stereocenters. The molecule has 0 aromatic carbocycles. The molecule has 0 aliphatic carbocycles. The highest BCUT2D eigenvalue weighted by atomic mass is 16.6. The Morgan fingerprint density at radius 3 is 1.76 bits per heavy atom. The Balaban J connectivity index is 4.52. The van der Waals surface area contributed by atoms with Gasteiger partial charge in [0.05, 0.1) is 13.7 Å². The Bertz CT molecular complexity index is 266. The highest BCUT2D eigenvalue weighted by Crippen LogP contribution is 2.08. The van der Waals surface area contributed by atoms with Gasteiger partial charge in [-0.05, 0) is 6.92 Å². The molecule has 4 N–H and O–H groups in total. The molecule has 0 amide bonds. The van der Waals surface area contributed by atoms with Crippen LogP contribution in [0, 0.1) is 0 Å². The number of rotatable bonds is 6. The van der Waals surface area contributed by atoms with Crippen molar-refractivity contribution in [3.63, 3.8) is 0 Å². The molecule has 0 aromatic heterocycles. The van der Waals surface area contributed by atoms with E-state index in [1.807, 2.05) is 0 Å². The first kappa shape index (κ1) is 15.8. The molecule has 0 spiro atoms. The van der Waals surface area contributed by atoms with Gasteiger partial charge in [-0.1, -0.05) is 0 Å². The molecule has 0 aromatic rings. The van der Waals surface area contributed by atoms with Gasteiger partial charge in [-0.2, -0.15) is 0 Å². The smallest absolute Gasteiger partial charge is 0.337 e. The van der Waals surface area contributed by atoms with Crippen LogP contribution in [0.25, 0.3) is 0 Å². The van der Waals surface area contributed by atoms with Gasteiger partial charge in [-0.3, -0.25) is 0 Å². The van der Waals surface area contributed by atoms with Crippen molar-refractivity contribution in [3.8, 4) is 0 Å². The van der Waals surface area contributed by atoms with Crippen LogP contribution in [0.15, 0.2) is 0 Å². The first-order chi connectivity index (χ1) is 7.86. The molecule has 0 aliphatic heterocycles. The number of aliphatic hydroxyl groups is 4. The fourth-order valence-electron chi connectivity index (χ4n) is 1.00. The number of carbonyl (C=O) groups excluding carboxylic acids is 2. The molecule has 0 fully saturated rings. The zero-order valence-electron chi connectivity index (χ0n) is 9.44. The fraction of sp³-hybridized carbons (Fsp3) is 0.778. The predicted octanol–water partition coefficient (Wildman–Crippen LogP) is -2.83. The lowest BCUT2D eigenvalue weighted by atomic mass is 10.0. The van der Waals surface area contributed by atoms with Crippen LogP contribution in [-0.4, -0.2) is 70.5 Å². The molecule has 0 saturated heterocycles. The van der Waals surface area contributed by atoms with E-state index < -0.39 is 36.4 Å². The van der Waals surface area contributed by atoms with Crippen molar-refractivity contribution < 1.29 is 39.5 Å². The van der Waals surface area contributed by atoms with Gasteiger partial charge < -0.3 is 29.9 Å². The first-order valence-electron chi connectivity index (χ1n) is 4.83. The summed E-state index contributed by atoms with van der Waals surface area (Å²) in [6, 6.07) is 0. The van der Waals surface area contributed by atoms with Crippen molar-refractivity contribution in [1.82, 2.24) is 0 Å². The van der Waals surface area contributed by atoms with Gasteiger partial charge in [-0.15, -0.1) is 0 Å². The normalized spacial score (nSPS) is 17.8. The number of esters is 2. The van der Waals surface area contributed by atoms with E-state index in [1.54, 1.807) is 0 Å². The minimum absolute atomic E-state index is 0.0295. The lowest BCUT2D eigenvalue weighted by molar-refractivity contribution is -0.177. The van der Waals surface area contributed by atoms with Gasteiger partial charge in [0.15, 0.2) is 12.2 Å². The summed E-state index contributed by atoms with van der Waals surface area (Å²) in [6.07, 6.45) is -8.27. The zero-order chi connectivity index (χ0) is 13.6. The molecule has 0 unspecified atom stereocenters. The standard InChI is InChI=1S/C9H16O8/c1-3-17-9(15)7(13)5(11)4(10)6(12)8(14)16-2/h4-7,10-13H,3H2,1-2H3/t4-,5-,6+,7+/m0/s1. The molecule has 0 saturated carbocycles. The van der Waals surface area contributed by atoms with E-state index in [4.69, 9.17) is 5.11 Å². The summed E-state index contributed by atoms with van der Waals surface area (Å²) in [7, 11) is 0.965. The third-order valence-electron chi connectivity index (χ3n) is 1.97. The molecule has 100 valence electrons. The van der Waals surface area contributed by atoms with Gasteiger partial charge >= 0.3 is 11.9 Å².